The van der Waals surface area contributed by atoms with Crippen LogP contribution < -0.4 is 10.6 Å². The monoisotopic (exact) mass is 380 g/mol. The van der Waals surface area contributed by atoms with E-state index in [2.05, 4.69) is 52.3 Å². The maximum Gasteiger partial charge on any atom is 0.227 e. The average molecular weight is 380 g/mol. The highest BCUT2D eigenvalue weighted by molar-refractivity contribution is 5.68. The molecule has 144 valence electrons. The first-order valence-electron chi connectivity index (χ1n) is 9.70. The van der Waals surface area contributed by atoms with Gasteiger partial charge in [-0.15, -0.1) is 0 Å². The van der Waals surface area contributed by atoms with E-state index in [0.717, 1.165) is 41.0 Å². The van der Waals surface area contributed by atoms with Gasteiger partial charge in [0.15, 0.2) is 0 Å². The van der Waals surface area contributed by atoms with Gasteiger partial charge in [0.25, 0.3) is 0 Å². The summed E-state index contributed by atoms with van der Waals surface area (Å²) in [5, 5.41) is 6.69. The summed E-state index contributed by atoms with van der Waals surface area (Å²) < 4.78 is 0. The van der Waals surface area contributed by atoms with E-state index >= 15 is 0 Å². The van der Waals surface area contributed by atoms with Gasteiger partial charge in [-0.05, 0) is 42.2 Å². The minimum Gasteiger partial charge on any atom is -0.381 e. The summed E-state index contributed by atoms with van der Waals surface area (Å²) in [6.07, 6.45) is 9.07. The predicted molar refractivity (Wildman–Crippen MR) is 121 cm³/mol. The molecule has 29 heavy (non-hydrogen) atoms. The van der Waals surface area contributed by atoms with Gasteiger partial charge in [0.2, 0.25) is 5.95 Å². The standard InChI is InChI=1S/C25H24N4/c1-18-11-12-20(13-18)15-26-19(2)22-9-6-10-24(14-22)29-25-27-16-23(17-28-25)21-7-4-3-5-8-21/h3-12,14,16-17,26H,2,13,15H2,1H3,(H,27,28,29). The third-order valence-corrected chi connectivity index (χ3v) is 4.86. The van der Waals surface area contributed by atoms with Gasteiger partial charge in [0.05, 0.1) is 0 Å². The van der Waals surface area contributed by atoms with E-state index in [0.29, 0.717) is 5.95 Å². The van der Waals surface area contributed by atoms with Gasteiger partial charge in [-0.1, -0.05) is 66.8 Å². The SMILES string of the molecule is C=C(NCC1=CC=C(C)C1)c1cccc(Nc2ncc(-c3ccccc3)cn2)c1. The molecular formula is C25H24N4. The zero-order valence-corrected chi connectivity index (χ0v) is 16.5. The van der Waals surface area contributed by atoms with Crippen molar-refractivity contribution < 1.29 is 0 Å². The Hall–Kier alpha value is -3.66. The Labute approximate surface area is 171 Å². The lowest BCUT2D eigenvalue weighted by atomic mass is 10.1. The topological polar surface area (TPSA) is 49.8 Å². The molecule has 4 nitrogen and oxygen atoms in total. The molecule has 4 rings (SSSR count). The lowest BCUT2D eigenvalue weighted by Gasteiger charge is -2.12. The third-order valence-electron chi connectivity index (χ3n) is 4.86. The first kappa shape index (κ1) is 18.7. The molecule has 4 heteroatoms. The Balaban J connectivity index is 1.39. The molecule has 0 spiro atoms. The van der Waals surface area contributed by atoms with E-state index in [1.54, 1.807) is 0 Å². The highest BCUT2D eigenvalue weighted by Gasteiger charge is 2.07. The fraction of sp³-hybridized carbons (Fsp3) is 0.120. The number of aromatic nitrogens is 2. The molecule has 0 atom stereocenters. The first-order chi connectivity index (χ1) is 14.2. The van der Waals surface area contributed by atoms with Crippen molar-refractivity contribution in [2.45, 2.75) is 13.3 Å². The van der Waals surface area contributed by atoms with Gasteiger partial charge in [0.1, 0.15) is 0 Å². The molecule has 3 aromatic rings. The number of benzene rings is 2. The molecule has 1 aliphatic carbocycles. The van der Waals surface area contributed by atoms with Crippen LogP contribution in [0.15, 0.2) is 96.9 Å². The summed E-state index contributed by atoms with van der Waals surface area (Å²) in [6.45, 7) is 7.15. The van der Waals surface area contributed by atoms with E-state index in [1.807, 2.05) is 60.9 Å². The van der Waals surface area contributed by atoms with Crippen LogP contribution in [0, 0.1) is 0 Å². The molecule has 2 N–H and O–H groups in total. The Bertz CT molecular complexity index is 1060. The van der Waals surface area contributed by atoms with Gasteiger partial charge in [-0.25, -0.2) is 9.97 Å². The average Bonchev–Trinajstić information content (AvgIpc) is 3.18. The Morgan fingerprint density at radius 3 is 2.48 bits per heavy atom. The maximum atomic E-state index is 4.45. The number of allylic oxidation sites excluding steroid dienone is 3. The van der Waals surface area contributed by atoms with E-state index in [4.69, 9.17) is 0 Å². The van der Waals surface area contributed by atoms with Gasteiger partial charge in [0, 0.05) is 35.9 Å². The lowest BCUT2D eigenvalue weighted by Crippen LogP contribution is -2.14. The number of rotatable bonds is 7. The van der Waals surface area contributed by atoms with Crippen LogP contribution in [0.2, 0.25) is 0 Å². The van der Waals surface area contributed by atoms with Crippen LogP contribution in [0.4, 0.5) is 11.6 Å². The summed E-state index contributed by atoms with van der Waals surface area (Å²) in [7, 11) is 0. The van der Waals surface area contributed by atoms with E-state index < -0.39 is 0 Å². The summed E-state index contributed by atoms with van der Waals surface area (Å²) >= 11 is 0. The molecule has 2 aromatic carbocycles. The molecule has 1 aliphatic rings. The summed E-state index contributed by atoms with van der Waals surface area (Å²) in [6, 6.07) is 18.2. The molecule has 0 radical (unpaired) electrons. The van der Waals surface area contributed by atoms with Crippen LogP contribution in [0.5, 0.6) is 0 Å². The number of anilines is 2. The van der Waals surface area contributed by atoms with Crippen molar-refractivity contribution in [1.29, 1.82) is 0 Å². The van der Waals surface area contributed by atoms with Gasteiger partial charge in [-0.2, -0.15) is 0 Å². The number of hydrogen-bond donors (Lipinski definition) is 2. The van der Waals surface area contributed by atoms with E-state index in [1.165, 1.54) is 11.1 Å². The highest BCUT2D eigenvalue weighted by Crippen LogP contribution is 2.22. The zero-order chi connectivity index (χ0) is 20.1. The van der Waals surface area contributed by atoms with Crippen LogP contribution in [-0.4, -0.2) is 16.5 Å². The van der Waals surface area contributed by atoms with Gasteiger partial charge >= 0.3 is 0 Å². The number of hydrogen-bond acceptors (Lipinski definition) is 4. The number of nitrogens with one attached hydrogen (secondary N) is 2. The van der Waals surface area contributed by atoms with Crippen LogP contribution in [-0.2, 0) is 0 Å². The lowest BCUT2D eigenvalue weighted by molar-refractivity contribution is 0.925. The van der Waals surface area contributed by atoms with Crippen LogP contribution >= 0.6 is 0 Å². The molecule has 1 aromatic heterocycles. The first-order valence-corrected chi connectivity index (χ1v) is 9.70. The molecule has 0 saturated heterocycles. The normalized spacial score (nSPS) is 12.9. The molecule has 0 aliphatic heterocycles. The quantitative estimate of drug-likeness (QED) is 0.550. The molecule has 0 amide bonds. The molecule has 0 fully saturated rings. The minimum absolute atomic E-state index is 0.568. The van der Waals surface area contributed by atoms with E-state index in [9.17, 15) is 0 Å². The van der Waals surface area contributed by atoms with Crippen LogP contribution in [0.1, 0.15) is 18.9 Å². The number of nitrogens with zero attached hydrogens (tertiary/aromatic N) is 2. The summed E-state index contributed by atoms with van der Waals surface area (Å²) in [4.78, 5) is 8.89. The van der Waals surface area contributed by atoms with Crippen molar-refractivity contribution in [3.63, 3.8) is 0 Å². The fourth-order valence-electron chi connectivity index (χ4n) is 3.27. The zero-order valence-electron chi connectivity index (χ0n) is 16.5. The largest absolute Gasteiger partial charge is 0.381 e. The molecule has 0 saturated carbocycles. The van der Waals surface area contributed by atoms with Crippen LogP contribution in [0.3, 0.4) is 0 Å². The Morgan fingerprint density at radius 1 is 0.966 bits per heavy atom. The van der Waals surface area contributed by atoms with Crippen molar-refractivity contribution in [3.8, 4) is 11.1 Å². The predicted octanol–water partition coefficient (Wildman–Crippen LogP) is 5.72. The molecule has 0 unspecified atom stereocenters. The highest BCUT2D eigenvalue weighted by atomic mass is 15.1. The van der Waals surface area contributed by atoms with E-state index in [-0.39, 0.29) is 0 Å². The van der Waals surface area contributed by atoms with Crippen molar-refractivity contribution >= 4 is 17.3 Å². The van der Waals surface area contributed by atoms with Crippen molar-refractivity contribution in [3.05, 3.63) is 102 Å². The fourth-order valence-corrected chi connectivity index (χ4v) is 3.27. The van der Waals surface area contributed by atoms with Crippen molar-refractivity contribution in [2.24, 2.45) is 0 Å². The van der Waals surface area contributed by atoms with Crippen molar-refractivity contribution in [2.75, 3.05) is 11.9 Å². The van der Waals surface area contributed by atoms with Gasteiger partial charge in [-0.3, -0.25) is 0 Å². The van der Waals surface area contributed by atoms with Gasteiger partial charge < -0.3 is 10.6 Å². The molecule has 1 heterocycles. The molecular weight excluding hydrogens is 356 g/mol. The second-order valence-corrected chi connectivity index (χ2v) is 7.21. The smallest absolute Gasteiger partial charge is 0.227 e. The maximum absolute atomic E-state index is 4.45. The Morgan fingerprint density at radius 2 is 1.76 bits per heavy atom. The van der Waals surface area contributed by atoms with Crippen LogP contribution in [0.25, 0.3) is 16.8 Å². The minimum atomic E-state index is 0.568. The second-order valence-electron chi connectivity index (χ2n) is 7.21. The van der Waals surface area contributed by atoms with Crippen molar-refractivity contribution in [1.82, 2.24) is 15.3 Å². The Kier molecular flexibility index (Phi) is 5.52. The summed E-state index contributed by atoms with van der Waals surface area (Å²) in [5.74, 6) is 0.568. The second kappa shape index (κ2) is 8.57. The summed E-state index contributed by atoms with van der Waals surface area (Å²) in [5.41, 5.74) is 7.75. The molecule has 0 bridgehead atoms. The third kappa shape index (κ3) is 4.79.